The van der Waals surface area contributed by atoms with Crippen LogP contribution in [0.4, 0.5) is 0 Å². The molecule has 2 aromatic carbocycles. The van der Waals surface area contributed by atoms with Gasteiger partial charge in [0.2, 0.25) is 4.96 Å². The molecule has 0 bridgehead atoms. The van der Waals surface area contributed by atoms with E-state index >= 15 is 0 Å². The molecule has 0 saturated heterocycles. The fourth-order valence-corrected chi connectivity index (χ4v) is 5.28. The highest BCUT2D eigenvalue weighted by molar-refractivity contribution is 7.28. The zero-order valence-corrected chi connectivity index (χ0v) is 16.6. The van der Waals surface area contributed by atoms with E-state index in [4.69, 9.17) is 16.3 Å². The normalized spacial score (nSPS) is 11.5. The monoisotopic (exact) mass is 412 g/mol. The van der Waals surface area contributed by atoms with Crippen molar-refractivity contribution in [3.8, 4) is 15.6 Å². The van der Waals surface area contributed by atoms with E-state index in [-0.39, 0.29) is 0 Å². The van der Waals surface area contributed by atoms with Crippen molar-refractivity contribution < 1.29 is 4.74 Å². The van der Waals surface area contributed by atoms with E-state index in [1.165, 1.54) is 16.9 Å². The van der Waals surface area contributed by atoms with Crippen LogP contribution in [-0.4, -0.2) is 19.8 Å². The quantitative estimate of drug-likeness (QED) is 0.385. The third-order valence-electron chi connectivity index (χ3n) is 4.17. The summed E-state index contributed by atoms with van der Waals surface area (Å²) in [5.74, 6) is 1.45. The number of rotatable bonds is 4. The molecule has 0 fully saturated rings. The first-order chi connectivity index (χ1) is 13.2. The van der Waals surface area contributed by atoms with Crippen molar-refractivity contribution >= 4 is 49.3 Å². The number of benzene rings is 2. The Bertz CT molecular complexity index is 1260. The van der Waals surface area contributed by atoms with Crippen LogP contribution in [0.1, 0.15) is 11.4 Å². The molecule has 5 nitrogen and oxygen atoms in total. The van der Waals surface area contributed by atoms with Gasteiger partial charge in [0.25, 0.3) is 0 Å². The van der Waals surface area contributed by atoms with Crippen LogP contribution in [-0.2, 0) is 6.61 Å². The smallest absolute Gasteiger partial charge is 0.235 e. The van der Waals surface area contributed by atoms with Crippen molar-refractivity contribution in [3.05, 3.63) is 64.9 Å². The van der Waals surface area contributed by atoms with Crippen LogP contribution >= 0.6 is 34.3 Å². The van der Waals surface area contributed by atoms with Crippen LogP contribution in [0.25, 0.3) is 24.9 Å². The summed E-state index contributed by atoms with van der Waals surface area (Å²) < 4.78 is 8.69. The molecule has 3 aromatic heterocycles. The van der Waals surface area contributed by atoms with E-state index in [1.54, 1.807) is 15.9 Å². The van der Waals surface area contributed by atoms with Gasteiger partial charge in [-0.05, 0) is 25.1 Å². The number of thiophene rings is 1. The van der Waals surface area contributed by atoms with Crippen LogP contribution in [0.5, 0.6) is 5.75 Å². The van der Waals surface area contributed by atoms with E-state index in [9.17, 15) is 0 Å². The molecule has 0 radical (unpaired) electrons. The van der Waals surface area contributed by atoms with Gasteiger partial charge in [-0.3, -0.25) is 0 Å². The van der Waals surface area contributed by atoms with Crippen molar-refractivity contribution in [2.75, 3.05) is 0 Å². The Labute approximate surface area is 167 Å². The Balaban J connectivity index is 1.47. The van der Waals surface area contributed by atoms with Gasteiger partial charge in [0, 0.05) is 10.1 Å². The molecule has 0 saturated carbocycles. The number of ether oxygens (including phenoxy) is 1. The zero-order valence-electron chi connectivity index (χ0n) is 14.2. The Hall–Kier alpha value is -2.48. The van der Waals surface area contributed by atoms with Crippen LogP contribution in [0.15, 0.2) is 48.5 Å². The van der Waals surface area contributed by atoms with Crippen LogP contribution < -0.4 is 4.74 Å². The lowest BCUT2D eigenvalue weighted by atomic mass is 10.2. The van der Waals surface area contributed by atoms with Crippen molar-refractivity contribution in [2.24, 2.45) is 0 Å². The Morgan fingerprint density at radius 1 is 1.04 bits per heavy atom. The number of halogens is 1. The second kappa shape index (κ2) is 6.60. The molecule has 5 aromatic rings. The number of hydrogen-bond acceptors (Lipinski definition) is 6. The molecule has 3 heterocycles. The van der Waals surface area contributed by atoms with Crippen molar-refractivity contribution in [3.63, 3.8) is 0 Å². The van der Waals surface area contributed by atoms with Gasteiger partial charge < -0.3 is 4.74 Å². The molecule has 8 heteroatoms. The van der Waals surface area contributed by atoms with Gasteiger partial charge >= 0.3 is 0 Å². The molecule has 0 amide bonds. The summed E-state index contributed by atoms with van der Waals surface area (Å²) >= 11 is 9.70. The highest BCUT2D eigenvalue weighted by Gasteiger charge is 2.18. The van der Waals surface area contributed by atoms with Crippen molar-refractivity contribution in [1.29, 1.82) is 0 Å². The first-order valence-corrected chi connectivity index (χ1v) is 10.3. The summed E-state index contributed by atoms with van der Waals surface area (Å²) in [6, 6.07) is 16.0. The number of aromatic nitrogens is 4. The fourth-order valence-electron chi connectivity index (χ4n) is 2.77. The predicted molar refractivity (Wildman–Crippen MR) is 110 cm³/mol. The topological polar surface area (TPSA) is 52.3 Å². The first kappa shape index (κ1) is 16.7. The third kappa shape index (κ3) is 2.97. The maximum absolute atomic E-state index is 6.59. The molecule has 0 N–H and O–H groups in total. The van der Waals surface area contributed by atoms with Gasteiger partial charge in [-0.25, -0.2) is 0 Å². The van der Waals surface area contributed by atoms with E-state index in [0.717, 1.165) is 35.7 Å². The SMILES string of the molecule is Cc1ccc(OCc2nnc3sc(-c4sc5ccccc5c4Cl)nn23)cc1. The van der Waals surface area contributed by atoms with E-state index in [2.05, 4.69) is 21.4 Å². The second-order valence-electron chi connectivity index (χ2n) is 6.06. The van der Waals surface area contributed by atoms with Crippen LogP contribution in [0.3, 0.4) is 0 Å². The van der Waals surface area contributed by atoms with Gasteiger partial charge in [-0.15, -0.1) is 21.5 Å². The Morgan fingerprint density at radius 3 is 2.67 bits per heavy atom. The summed E-state index contributed by atoms with van der Waals surface area (Å²) in [5.41, 5.74) is 1.19. The summed E-state index contributed by atoms with van der Waals surface area (Å²) in [6.07, 6.45) is 0. The summed E-state index contributed by atoms with van der Waals surface area (Å²) in [6.45, 7) is 2.34. The maximum atomic E-state index is 6.59. The second-order valence-corrected chi connectivity index (χ2v) is 8.45. The molecule has 134 valence electrons. The lowest BCUT2D eigenvalue weighted by Crippen LogP contribution is -2.02. The van der Waals surface area contributed by atoms with Gasteiger partial charge in [-0.2, -0.15) is 9.61 Å². The van der Waals surface area contributed by atoms with Crippen molar-refractivity contribution in [1.82, 2.24) is 19.8 Å². The predicted octanol–water partition coefficient (Wildman–Crippen LogP) is 5.61. The zero-order chi connectivity index (χ0) is 18.4. The number of hydrogen-bond donors (Lipinski definition) is 0. The van der Waals surface area contributed by atoms with Gasteiger partial charge in [0.1, 0.15) is 12.4 Å². The van der Waals surface area contributed by atoms with Gasteiger partial charge in [0.05, 0.1) is 9.90 Å². The lowest BCUT2D eigenvalue weighted by Gasteiger charge is -2.04. The maximum Gasteiger partial charge on any atom is 0.235 e. The molecule has 5 rings (SSSR count). The Morgan fingerprint density at radius 2 is 1.85 bits per heavy atom. The number of fused-ring (bicyclic) bond motifs is 2. The molecular formula is C19H13ClN4OS2. The average molecular weight is 413 g/mol. The molecule has 0 aliphatic carbocycles. The average Bonchev–Trinajstić information content (AvgIpc) is 3.35. The minimum atomic E-state index is 0.299. The van der Waals surface area contributed by atoms with Crippen LogP contribution in [0, 0.1) is 6.92 Å². The molecular weight excluding hydrogens is 400 g/mol. The summed E-state index contributed by atoms with van der Waals surface area (Å²) in [4.78, 5) is 1.68. The fraction of sp³-hybridized carbons (Fsp3) is 0.105. The highest BCUT2D eigenvalue weighted by atomic mass is 35.5. The molecule has 0 atom stereocenters. The first-order valence-electron chi connectivity index (χ1n) is 8.27. The van der Waals surface area contributed by atoms with E-state index in [0.29, 0.717) is 12.4 Å². The highest BCUT2D eigenvalue weighted by Crippen LogP contribution is 2.43. The molecule has 0 unspecified atom stereocenters. The van der Waals surface area contributed by atoms with Gasteiger partial charge in [0.15, 0.2) is 10.8 Å². The molecule has 0 aliphatic rings. The lowest BCUT2D eigenvalue weighted by molar-refractivity contribution is 0.293. The minimum absolute atomic E-state index is 0.299. The molecule has 0 spiro atoms. The largest absolute Gasteiger partial charge is 0.486 e. The van der Waals surface area contributed by atoms with Crippen molar-refractivity contribution in [2.45, 2.75) is 13.5 Å². The van der Waals surface area contributed by atoms with E-state index in [1.807, 2.05) is 49.4 Å². The number of nitrogens with zero attached hydrogens (tertiary/aromatic N) is 4. The summed E-state index contributed by atoms with van der Waals surface area (Å²) in [7, 11) is 0. The van der Waals surface area contributed by atoms with E-state index < -0.39 is 0 Å². The standard InChI is InChI=1S/C19H13ClN4OS2/c1-11-6-8-12(9-7-11)25-10-15-21-22-19-24(15)23-18(27-19)17-16(20)13-4-2-3-5-14(13)26-17/h2-9H,10H2,1H3. The molecule has 0 aliphatic heterocycles. The molecule has 27 heavy (non-hydrogen) atoms. The van der Waals surface area contributed by atoms with Gasteiger partial charge in [-0.1, -0.05) is 58.8 Å². The van der Waals surface area contributed by atoms with Crippen LogP contribution in [0.2, 0.25) is 5.02 Å². The summed E-state index contributed by atoms with van der Waals surface area (Å²) in [5, 5.41) is 15.7. The Kier molecular flexibility index (Phi) is 4.07. The number of aryl methyl sites for hydroxylation is 1. The minimum Gasteiger partial charge on any atom is -0.486 e. The third-order valence-corrected chi connectivity index (χ3v) is 6.90.